The van der Waals surface area contributed by atoms with Crippen LogP contribution in [0.3, 0.4) is 0 Å². The van der Waals surface area contributed by atoms with E-state index in [1.54, 1.807) is 6.92 Å². The van der Waals surface area contributed by atoms with Crippen LogP contribution in [0.5, 0.6) is 0 Å². The lowest BCUT2D eigenvalue weighted by Crippen LogP contribution is -2.16. The Bertz CT molecular complexity index is 608. The van der Waals surface area contributed by atoms with Gasteiger partial charge >= 0.3 is 5.97 Å². The van der Waals surface area contributed by atoms with Gasteiger partial charge in [0, 0.05) is 7.11 Å². The second-order valence-electron chi connectivity index (χ2n) is 4.48. The fourth-order valence-electron chi connectivity index (χ4n) is 1.89. The number of rotatable bonds is 5. The van der Waals surface area contributed by atoms with Crippen LogP contribution in [0.25, 0.3) is 0 Å². The maximum Gasteiger partial charge on any atom is 0.367 e. The van der Waals surface area contributed by atoms with Crippen LogP contribution < -0.4 is 0 Å². The molecule has 1 atom stereocenters. The van der Waals surface area contributed by atoms with Gasteiger partial charge in [0.15, 0.2) is 6.10 Å². The molecule has 0 heterocycles. The predicted molar refractivity (Wildman–Crippen MR) is 80.9 cm³/mol. The molecule has 0 amide bonds. The van der Waals surface area contributed by atoms with Gasteiger partial charge in [0.05, 0.1) is 5.71 Å². The zero-order valence-electron chi connectivity index (χ0n) is 12.0. The lowest BCUT2D eigenvalue weighted by atomic mass is 10.1. The van der Waals surface area contributed by atoms with Crippen LogP contribution in [0.1, 0.15) is 24.2 Å². The predicted octanol–water partition coefficient (Wildman–Crippen LogP) is 3.34. The summed E-state index contributed by atoms with van der Waals surface area (Å²) in [7, 11) is 1.46. The van der Waals surface area contributed by atoms with Crippen LogP contribution in [0.15, 0.2) is 65.8 Å². The Balaban J connectivity index is 2.07. The van der Waals surface area contributed by atoms with E-state index in [2.05, 4.69) is 5.16 Å². The molecular formula is C17H17NO3. The number of hydrogen-bond acceptors (Lipinski definition) is 4. The maximum atomic E-state index is 12.1. The molecule has 4 heteroatoms. The Labute approximate surface area is 124 Å². The molecule has 1 unspecified atom stereocenters. The highest BCUT2D eigenvalue weighted by Crippen LogP contribution is 2.18. The van der Waals surface area contributed by atoms with Gasteiger partial charge in [-0.3, -0.25) is 0 Å². The number of hydrogen-bond donors (Lipinski definition) is 0. The molecule has 0 bridgehead atoms. The van der Waals surface area contributed by atoms with Crippen molar-refractivity contribution in [1.82, 2.24) is 0 Å². The van der Waals surface area contributed by atoms with Crippen molar-refractivity contribution in [2.24, 2.45) is 5.16 Å². The first-order valence-electron chi connectivity index (χ1n) is 6.61. The highest BCUT2D eigenvalue weighted by atomic mass is 16.7. The van der Waals surface area contributed by atoms with Gasteiger partial charge in [0.1, 0.15) is 0 Å². The van der Waals surface area contributed by atoms with Crippen LogP contribution in [0, 0.1) is 0 Å². The first-order valence-corrected chi connectivity index (χ1v) is 6.61. The molecule has 4 nitrogen and oxygen atoms in total. The number of ether oxygens (including phenoxy) is 1. The molecule has 2 aromatic carbocycles. The van der Waals surface area contributed by atoms with Gasteiger partial charge in [0.2, 0.25) is 0 Å². The fraction of sp³-hybridized carbons (Fsp3) is 0.176. The number of carbonyl (C=O) groups is 1. The smallest absolute Gasteiger partial charge is 0.365 e. The van der Waals surface area contributed by atoms with Gasteiger partial charge in [0.25, 0.3) is 0 Å². The van der Waals surface area contributed by atoms with Crippen molar-refractivity contribution in [2.75, 3.05) is 7.11 Å². The van der Waals surface area contributed by atoms with E-state index in [-0.39, 0.29) is 0 Å². The SMILES string of the molecule is COC(C(=O)ON=C(C)c1ccccc1)c1ccccc1. The molecule has 0 spiro atoms. The summed E-state index contributed by atoms with van der Waals surface area (Å²) < 4.78 is 5.19. The van der Waals surface area contributed by atoms with Crippen molar-refractivity contribution >= 4 is 11.7 Å². The Morgan fingerprint density at radius 3 is 2.14 bits per heavy atom. The molecule has 2 aromatic rings. The lowest BCUT2D eigenvalue weighted by Gasteiger charge is -2.12. The minimum atomic E-state index is -0.779. The van der Waals surface area contributed by atoms with Crippen LogP contribution in [-0.2, 0) is 14.4 Å². The molecule has 21 heavy (non-hydrogen) atoms. The van der Waals surface area contributed by atoms with E-state index in [9.17, 15) is 4.79 Å². The minimum absolute atomic E-state index is 0.543. The third-order valence-corrected chi connectivity index (χ3v) is 3.02. The molecule has 0 aliphatic heterocycles. The summed E-state index contributed by atoms with van der Waals surface area (Å²) in [6, 6.07) is 18.7. The lowest BCUT2D eigenvalue weighted by molar-refractivity contribution is -0.155. The summed E-state index contributed by atoms with van der Waals surface area (Å²) in [6.45, 7) is 1.78. The first-order chi connectivity index (χ1) is 10.2. The van der Waals surface area contributed by atoms with Crippen molar-refractivity contribution in [3.8, 4) is 0 Å². The third-order valence-electron chi connectivity index (χ3n) is 3.02. The number of oxime groups is 1. The van der Waals surface area contributed by atoms with Crippen molar-refractivity contribution < 1.29 is 14.4 Å². The standard InChI is InChI=1S/C17H17NO3/c1-13(14-9-5-3-6-10-14)18-21-17(19)16(20-2)15-11-7-4-8-12-15/h3-12,16H,1-2H3. The van der Waals surface area contributed by atoms with Gasteiger partial charge in [-0.1, -0.05) is 65.8 Å². The van der Waals surface area contributed by atoms with Crippen LogP contribution >= 0.6 is 0 Å². The van der Waals surface area contributed by atoms with Gasteiger partial charge in [-0.15, -0.1) is 0 Å². The zero-order chi connectivity index (χ0) is 15.1. The highest BCUT2D eigenvalue weighted by Gasteiger charge is 2.22. The normalized spacial score (nSPS) is 12.8. The molecular weight excluding hydrogens is 266 g/mol. The van der Waals surface area contributed by atoms with E-state index in [4.69, 9.17) is 9.57 Å². The molecule has 0 radical (unpaired) electrons. The topological polar surface area (TPSA) is 47.9 Å². The second kappa shape index (κ2) is 7.36. The van der Waals surface area contributed by atoms with Crippen molar-refractivity contribution in [3.63, 3.8) is 0 Å². The Morgan fingerprint density at radius 1 is 1.00 bits per heavy atom. The summed E-state index contributed by atoms with van der Waals surface area (Å²) in [5.74, 6) is -0.543. The Morgan fingerprint density at radius 2 is 1.57 bits per heavy atom. The van der Waals surface area contributed by atoms with E-state index in [0.29, 0.717) is 5.71 Å². The van der Waals surface area contributed by atoms with Gasteiger partial charge in [-0.2, -0.15) is 0 Å². The van der Waals surface area contributed by atoms with Crippen molar-refractivity contribution in [1.29, 1.82) is 0 Å². The number of benzene rings is 2. The molecule has 108 valence electrons. The average Bonchev–Trinajstić information content (AvgIpc) is 2.55. The van der Waals surface area contributed by atoms with Gasteiger partial charge in [-0.05, 0) is 18.1 Å². The molecule has 0 fully saturated rings. The molecule has 0 saturated carbocycles. The summed E-state index contributed by atoms with van der Waals surface area (Å²) in [4.78, 5) is 17.0. The van der Waals surface area contributed by atoms with Gasteiger partial charge < -0.3 is 9.57 Å². The third kappa shape index (κ3) is 4.00. The summed E-state index contributed by atoms with van der Waals surface area (Å²) in [6.07, 6.45) is -0.779. The fourth-order valence-corrected chi connectivity index (χ4v) is 1.89. The van der Waals surface area contributed by atoms with E-state index in [0.717, 1.165) is 11.1 Å². The molecule has 0 saturated heterocycles. The maximum absolute atomic E-state index is 12.1. The molecule has 2 rings (SSSR count). The number of carbonyl (C=O) groups excluding carboxylic acids is 1. The Kier molecular flexibility index (Phi) is 5.23. The van der Waals surface area contributed by atoms with Crippen molar-refractivity contribution in [3.05, 3.63) is 71.8 Å². The number of methoxy groups -OCH3 is 1. The molecule has 0 aliphatic carbocycles. The average molecular weight is 283 g/mol. The first kappa shape index (κ1) is 14.9. The summed E-state index contributed by atoms with van der Waals surface area (Å²) in [5.41, 5.74) is 2.27. The van der Waals surface area contributed by atoms with E-state index >= 15 is 0 Å². The van der Waals surface area contributed by atoms with Crippen LogP contribution in [0.2, 0.25) is 0 Å². The Hall–Kier alpha value is -2.46. The van der Waals surface area contributed by atoms with Crippen LogP contribution in [0.4, 0.5) is 0 Å². The van der Waals surface area contributed by atoms with Crippen molar-refractivity contribution in [2.45, 2.75) is 13.0 Å². The van der Waals surface area contributed by atoms with E-state index in [1.165, 1.54) is 7.11 Å². The molecule has 0 aromatic heterocycles. The summed E-state index contributed by atoms with van der Waals surface area (Å²) in [5, 5.41) is 3.88. The zero-order valence-corrected chi connectivity index (χ0v) is 12.0. The van der Waals surface area contributed by atoms with Crippen LogP contribution in [-0.4, -0.2) is 18.8 Å². The minimum Gasteiger partial charge on any atom is -0.365 e. The largest absolute Gasteiger partial charge is 0.367 e. The quantitative estimate of drug-likeness (QED) is 0.480. The molecule has 0 N–H and O–H groups in total. The highest BCUT2D eigenvalue weighted by molar-refractivity contribution is 5.98. The van der Waals surface area contributed by atoms with Gasteiger partial charge in [-0.25, -0.2) is 4.79 Å². The molecule has 0 aliphatic rings. The summed E-state index contributed by atoms with van der Waals surface area (Å²) >= 11 is 0. The van der Waals surface area contributed by atoms with E-state index < -0.39 is 12.1 Å². The second-order valence-corrected chi connectivity index (χ2v) is 4.48. The number of nitrogens with zero attached hydrogens (tertiary/aromatic N) is 1. The van der Waals surface area contributed by atoms with E-state index in [1.807, 2.05) is 60.7 Å². The monoisotopic (exact) mass is 283 g/mol.